The van der Waals surface area contributed by atoms with E-state index in [0.717, 1.165) is 31.2 Å². The van der Waals surface area contributed by atoms with Crippen LogP contribution in [0, 0.1) is 17.2 Å². The molecule has 1 aromatic heterocycles. The van der Waals surface area contributed by atoms with Crippen molar-refractivity contribution in [2.24, 2.45) is 5.92 Å². The Labute approximate surface area is 107 Å². The number of rotatable bonds is 7. The van der Waals surface area contributed by atoms with Crippen molar-refractivity contribution < 1.29 is 0 Å². The Morgan fingerprint density at radius 3 is 3.06 bits per heavy atom. The molecule has 0 aliphatic rings. The topological polar surface area (TPSA) is 52.0 Å². The van der Waals surface area contributed by atoms with Crippen molar-refractivity contribution in [3.8, 4) is 6.07 Å². The molecule has 5 heteroatoms. The van der Waals surface area contributed by atoms with Gasteiger partial charge in [-0.05, 0) is 20.4 Å². The first-order valence-electron chi connectivity index (χ1n) is 5.92. The number of hydrogen-bond donors (Lipinski definition) is 1. The van der Waals surface area contributed by atoms with Crippen molar-refractivity contribution in [2.45, 2.75) is 26.8 Å². The third-order valence-corrected chi connectivity index (χ3v) is 3.25. The van der Waals surface area contributed by atoms with E-state index in [0.29, 0.717) is 0 Å². The fraction of sp³-hybridized carbons (Fsp3) is 0.667. The van der Waals surface area contributed by atoms with Crippen LogP contribution in [0.2, 0.25) is 0 Å². The summed E-state index contributed by atoms with van der Waals surface area (Å²) >= 11 is 1.69. The Hall–Kier alpha value is -1.12. The van der Waals surface area contributed by atoms with E-state index < -0.39 is 0 Å². The van der Waals surface area contributed by atoms with Gasteiger partial charge in [0.25, 0.3) is 0 Å². The first-order chi connectivity index (χ1) is 8.15. The van der Waals surface area contributed by atoms with E-state index in [-0.39, 0.29) is 5.92 Å². The van der Waals surface area contributed by atoms with Gasteiger partial charge in [-0.3, -0.25) is 4.90 Å². The van der Waals surface area contributed by atoms with E-state index in [1.807, 2.05) is 20.2 Å². The molecule has 0 aliphatic carbocycles. The van der Waals surface area contributed by atoms with Gasteiger partial charge in [0.15, 0.2) is 5.13 Å². The largest absolute Gasteiger partial charge is 0.362 e. The van der Waals surface area contributed by atoms with Crippen LogP contribution < -0.4 is 5.32 Å². The first kappa shape index (κ1) is 13.9. The summed E-state index contributed by atoms with van der Waals surface area (Å²) in [6.45, 7) is 6.70. The number of nitrogens with zero attached hydrogens (tertiary/aromatic N) is 3. The minimum atomic E-state index is 0.0746. The molecule has 1 aromatic rings. The lowest BCUT2D eigenvalue weighted by molar-refractivity contribution is 0.305. The highest BCUT2D eigenvalue weighted by atomic mass is 32.1. The van der Waals surface area contributed by atoms with Crippen LogP contribution >= 0.6 is 11.3 Å². The summed E-state index contributed by atoms with van der Waals surface area (Å²) in [6, 6.07) is 2.25. The molecule has 4 nitrogen and oxygen atoms in total. The minimum Gasteiger partial charge on any atom is -0.362 e. The van der Waals surface area contributed by atoms with Gasteiger partial charge in [-0.2, -0.15) is 5.26 Å². The Morgan fingerprint density at radius 1 is 1.65 bits per heavy atom. The van der Waals surface area contributed by atoms with Gasteiger partial charge in [0.2, 0.25) is 0 Å². The van der Waals surface area contributed by atoms with Gasteiger partial charge in [-0.1, -0.05) is 6.92 Å². The zero-order valence-electron chi connectivity index (χ0n) is 10.7. The molecule has 0 bridgehead atoms. The predicted octanol–water partition coefficient (Wildman–Crippen LogP) is 2.56. The second-order valence-electron chi connectivity index (χ2n) is 4.29. The molecule has 0 spiro atoms. The van der Waals surface area contributed by atoms with Crippen LogP contribution in [0.5, 0.6) is 0 Å². The Kier molecular flexibility index (Phi) is 5.95. The quantitative estimate of drug-likeness (QED) is 0.810. The van der Waals surface area contributed by atoms with Gasteiger partial charge in [0.1, 0.15) is 0 Å². The maximum atomic E-state index is 8.75. The molecular weight excluding hydrogens is 232 g/mol. The molecule has 1 rings (SSSR count). The zero-order valence-corrected chi connectivity index (χ0v) is 11.5. The van der Waals surface area contributed by atoms with E-state index in [2.05, 4.69) is 28.2 Å². The number of aromatic nitrogens is 1. The smallest absolute Gasteiger partial charge is 0.182 e. The van der Waals surface area contributed by atoms with Gasteiger partial charge in [-0.25, -0.2) is 4.98 Å². The average molecular weight is 252 g/mol. The van der Waals surface area contributed by atoms with Crippen LogP contribution in [0.25, 0.3) is 0 Å². The third kappa shape index (κ3) is 5.16. The van der Waals surface area contributed by atoms with Crippen molar-refractivity contribution in [2.75, 3.05) is 25.5 Å². The lowest BCUT2D eigenvalue weighted by Crippen LogP contribution is -2.22. The fourth-order valence-corrected chi connectivity index (χ4v) is 2.45. The maximum absolute atomic E-state index is 8.75. The van der Waals surface area contributed by atoms with Crippen molar-refractivity contribution in [3.63, 3.8) is 0 Å². The van der Waals surface area contributed by atoms with E-state index in [1.165, 1.54) is 4.88 Å². The lowest BCUT2D eigenvalue weighted by atomic mass is 10.2. The van der Waals surface area contributed by atoms with Gasteiger partial charge < -0.3 is 5.32 Å². The van der Waals surface area contributed by atoms with Crippen molar-refractivity contribution in [3.05, 3.63) is 11.1 Å². The van der Waals surface area contributed by atoms with Gasteiger partial charge in [0, 0.05) is 30.7 Å². The Bertz CT molecular complexity index is 369. The monoisotopic (exact) mass is 252 g/mol. The summed E-state index contributed by atoms with van der Waals surface area (Å²) < 4.78 is 0. The van der Waals surface area contributed by atoms with Crippen LogP contribution in [0.15, 0.2) is 6.20 Å². The molecule has 1 N–H and O–H groups in total. The van der Waals surface area contributed by atoms with E-state index in [9.17, 15) is 0 Å². The first-order valence-corrected chi connectivity index (χ1v) is 6.74. The SMILES string of the molecule is CCCNc1ncc(CN(C)CC(C)C#N)s1. The molecule has 0 saturated heterocycles. The van der Waals surface area contributed by atoms with Crippen LogP contribution in [-0.2, 0) is 6.54 Å². The van der Waals surface area contributed by atoms with E-state index in [4.69, 9.17) is 5.26 Å². The molecule has 0 amide bonds. The number of anilines is 1. The summed E-state index contributed by atoms with van der Waals surface area (Å²) in [5, 5.41) is 13.0. The van der Waals surface area contributed by atoms with Crippen LogP contribution in [-0.4, -0.2) is 30.0 Å². The number of nitrogens with one attached hydrogen (secondary N) is 1. The number of nitriles is 1. The highest BCUT2D eigenvalue weighted by Gasteiger charge is 2.08. The van der Waals surface area contributed by atoms with E-state index in [1.54, 1.807) is 11.3 Å². The second-order valence-corrected chi connectivity index (χ2v) is 5.40. The van der Waals surface area contributed by atoms with Gasteiger partial charge >= 0.3 is 0 Å². The second kappa shape index (κ2) is 7.25. The number of hydrogen-bond acceptors (Lipinski definition) is 5. The molecular formula is C12H20N4S. The third-order valence-electron chi connectivity index (χ3n) is 2.31. The molecule has 0 saturated carbocycles. The van der Waals surface area contributed by atoms with Gasteiger partial charge in [0.05, 0.1) is 12.0 Å². The van der Waals surface area contributed by atoms with Crippen LogP contribution in [0.3, 0.4) is 0 Å². The molecule has 0 radical (unpaired) electrons. The van der Waals surface area contributed by atoms with Crippen LogP contribution in [0.4, 0.5) is 5.13 Å². The number of thiazole rings is 1. The lowest BCUT2D eigenvalue weighted by Gasteiger charge is -2.16. The fourth-order valence-electron chi connectivity index (χ4n) is 1.53. The molecule has 94 valence electrons. The van der Waals surface area contributed by atoms with Crippen molar-refractivity contribution in [1.82, 2.24) is 9.88 Å². The summed E-state index contributed by atoms with van der Waals surface area (Å²) in [6.07, 6.45) is 3.02. The molecule has 1 heterocycles. The standard InChI is InChI=1S/C12H20N4S/c1-4-5-14-12-15-7-11(17-12)9-16(3)8-10(2)6-13/h7,10H,4-5,8-9H2,1-3H3,(H,14,15). The Balaban J connectivity index is 2.40. The maximum Gasteiger partial charge on any atom is 0.182 e. The highest BCUT2D eigenvalue weighted by Crippen LogP contribution is 2.19. The molecule has 1 atom stereocenters. The molecule has 0 aliphatic heterocycles. The van der Waals surface area contributed by atoms with E-state index >= 15 is 0 Å². The van der Waals surface area contributed by atoms with Gasteiger partial charge in [-0.15, -0.1) is 11.3 Å². The zero-order chi connectivity index (χ0) is 12.7. The highest BCUT2D eigenvalue weighted by molar-refractivity contribution is 7.15. The normalized spacial score (nSPS) is 12.4. The minimum absolute atomic E-state index is 0.0746. The van der Waals surface area contributed by atoms with Crippen molar-refractivity contribution in [1.29, 1.82) is 5.26 Å². The van der Waals surface area contributed by atoms with Crippen LogP contribution in [0.1, 0.15) is 25.1 Å². The average Bonchev–Trinajstić information content (AvgIpc) is 2.73. The summed E-state index contributed by atoms with van der Waals surface area (Å²) in [5.74, 6) is 0.0746. The summed E-state index contributed by atoms with van der Waals surface area (Å²) in [4.78, 5) is 7.71. The summed E-state index contributed by atoms with van der Waals surface area (Å²) in [5.41, 5.74) is 0. The molecule has 0 aromatic carbocycles. The predicted molar refractivity (Wildman–Crippen MR) is 72.0 cm³/mol. The molecule has 17 heavy (non-hydrogen) atoms. The molecule has 1 unspecified atom stereocenters. The summed E-state index contributed by atoms with van der Waals surface area (Å²) in [7, 11) is 2.03. The van der Waals surface area contributed by atoms with Crippen molar-refractivity contribution >= 4 is 16.5 Å². The molecule has 0 fully saturated rings. The Morgan fingerprint density at radius 2 is 2.41 bits per heavy atom.